The summed E-state index contributed by atoms with van der Waals surface area (Å²) in [5, 5.41) is 13.2. The third kappa shape index (κ3) is 2.40. The van der Waals surface area contributed by atoms with Crippen LogP contribution in [-0.4, -0.2) is 25.8 Å². The molecule has 2 aromatic heterocycles. The summed E-state index contributed by atoms with van der Waals surface area (Å²) in [5.74, 6) is -0.791. The Hall–Kier alpha value is -2.17. The van der Waals surface area contributed by atoms with Crippen LogP contribution in [0.25, 0.3) is 11.3 Å². The molecule has 0 fully saturated rings. The lowest BCUT2D eigenvalue weighted by molar-refractivity contribution is -0.136. The zero-order chi connectivity index (χ0) is 13.1. The van der Waals surface area contributed by atoms with Crippen LogP contribution in [0.1, 0.15) is 17.7 Å². The fourth-order valence-electron chi connectivity index (χ4n) is 2.02. The van der Waals surface area contributed by atoms with Gasteiger partial charge in [-0.3, -0.25) is 14.5 Å². The Morgan fingerprint density at radius 2 is 2.06 bits per heavy atom. The highest BCUT2D eigenvalue weighted by molar-refractivity contribution is 5.68. The van der Waals surface area contributed by atoms with E-state index < -0.39 is 5.97 Å². The van der Waals surface area contributed by atoms with Gasteiger partial charge in [0.2, 0.25) is 0 Å². The van der Waals surface area contributed by atoms with Gasteiger partial charge in [0.05, 0.1) is 12.1 Å². The first-order chi connectivity index (χ1) is 8.59. The predicted molar refractivity (Wildman–Crippen MR) is 67.1 cm³/mol. The average Bonchev–Trinajstić information content (AvgIpc) is 2.63. The van der Waals surface area contributed by atoms with E-state index in [1.165, 1.54) is 0 Å². The second-order valence-electron chi connectivity index (χ2n) is 4.17. The Morgan fingerprint density at radius 1 is 1.39 bits per heavy atom. The topological polar surface area (TPSA) is 68.0 Å². The molecule has 0 bridgehead atoms. The number of rotatable bonds is 4. The SMILES string of the molecule is Cc1c(-c2ccncc2)nn(C)c1CCC(=O)O. The minimum atomic E-state index is -0.791. The van der Waals surface area contributed by atoms with Crippen molar-refractivity contribution in [1.29, 1.82) is 0 Å². The van der Waals surface area contributed by atoms with Crippen LogP contribution < -0.4 is 0 Å². The Balaban J connectivity index is 2.35. The third-order valence-electron chi connectivity index (χ3n) is 2.96. The van der Waals surface area contributed by atoms with Crippen LogP contribution in [0.15, 0.2) is 24.5 Å². The molecule has 0 amide bonds. The largest absolute Gasteiger partial charge is 0.481 e. The van der Waals surface area contributed by atoms with Crippen molar-refractivity contribution in [3.05, 3.63) is 35.8 Å². The summed E-state index contributed by atoms with van der Waals surface area (Å²) in [5.41, 5.74) is 3.88. The van der Waals surface area contributed by atoms with Gasteiger partial charge in [-0.1, -0.05) is 0 Å². The van der Waals surface area contributed by atoms with Crippen LogP contribution in [0.3, 0.4) is 0 Å². The summed E-state index contributed by atoms with van der Waals surface area (Å²) >= 11 is 0. The van der Waals surface area contributed by atoms with Gasteiger partial charge in [0.15, 0.2) is 0 Å². The molecule has 0 atom stereocenters. The lowest BCUT2D eigenvalue weighted by Crippen LogP contribution is -2.03. The molecule has 0 aliphatic heterocycles. The van der Waals surface area contributed by atoms with Gasteiger partial charge in [-0.15, -0.1) is 0 Å². The molecule has 2 aromatic rings. The molecule has 0 aliphatic carbocycles. The van der Waals surface area contributed by atoms with Crippen molar-refractivity contribution in [2.45, 2.75) is 19.8 Å². The second kappa shape index (κ2) is 5.00. The van der Waals surface area contributed by atoms with E-state index in [1.54, 1.807) is 17.1 Å². The van der Waals surface area contributed by atoms with E-state index in [1.807, 2.05) is 26.1 Å². The predicted octanol–water partition coefficient (Wildman–Crippen LogP) is 1.81. The first-order valence-corrected chi connectivity index (χ1v) is 5.74. The van der Waals surface area contributed by atoms with Gasteiger partial charge in [-0.2, -0.15) is 5.10 Å². The van der Waals surface area contributed by atoms with E-state index in [-0.39, 0.29) is 6.42 Å². The minimum absolute atomic E-state index is 0.121. The quantitative estimate of drug-likeness (QED) is 0.892. The molecule has 0 saturated carbocycles. The number of pyridine rings is 1. The highest BCUT2D eigenvalue weighted by atomic mass is 16.4. The van der Waals surface area contributed by atoms with Crippen LogP contribution in [0.4, 0.5) is 0 Å². The normalized spacial score (nSPS) is 10.6. The van der Waals surface area contributed by atoms with Crippen molar-refractivity contribution in [2.75, 3.05) is 0 Å². The number of aryl methyl sites for hydroxylation is 1. The van der Waals surface area contributed by atoms with Crippen molar-refractivity contribution >= 4 is 5.97 Å². The van der Waals surface area contributed by atoms with Crippen LogP contribution in [-0.2, 0) is 18.3 Å². The summed E-state index contributed by atoms with van der Waals surface area (Å²) in [4.78, 5) is 14.6. The number of carboxylic acids is 1. The van der Waals surface area contributed by atoms with E-state index in [0.717, 1.165) is 22.5 Å². The van der Waals surface area contributed by atoms with E-state index in [0.29, 0.717) is 6.42 Å². The van der Waals surface area contributed by atoms with Crippen LogP contribution >= 0.6 is 0 Å². The molecule has 2 heterocycles. The Morgan fingerprint density at radius 3 is 2.67 bits per heavy atom. The molecule has 0 radical (unpaired) electrons. The Kier molecular flexibility index (Phi) is 3.41. The fraction of sp³-hybridized carbons (Fsp3) is 0.308. The van der Waals surface area contributed by atoms with Gasteiger partial charge < -0.3 is 5.11 Å². The summed E-state index contributed by atoms with van der Waals surface area (Å²) in [6, 6.07) is 3.80. The molecule has 18 heavy (non-hydrogen) atoms. The van der Waals surface area contributed by atoms with Gasteiger partial charge in [0, 0.05) is 37.1 Å². The zero-order valence-corrected chi connectivity index (χ0v) is 10.4. The lowest BCUT2D eigenvalue weighted by Gasteiger charge is -2.01. The molecule has 0 spiro atoms. The van der Waals surface area contributed by atoms with Crippen molar-refractivity contribution in [2.24, 2.45) is 7.05 Å². The summed E-state index contributed by atoms with van der Waals surface area (Å²) in [6.45, 7) is 1.97. The van der Waals surface area contributed by atoms with Gasteiger partial charge in [-0.25, -0.2) is 0 Å². The van der Waals surface area contributed by atoms with Gasteiger partial charge >= 0.3 is 5.97 Å². The minimum Gasteiger partial charge on any atom is -0.481 e. The molecule has 5 nitrogen and oxygen atoms in total. The number of aliphatic carboxylic acids is 1. The van der Waals surface area contributed by atoms with Gasteiger partial charge in [0.1, 0.15) is 0 Å². The zero-order valence-electron chi connectivity index (χ0n) is 10.4. The lowest BCUT2D eigenvalue weighted by atomic mass is 10.1. The van der Waals surface area contributed by atoms with E-state index in [4.69, 9.17) is 5.11 Å². The molecule has 1 N–H and O–H groups in total. The first-order valence-electron chi connectivity index (χ1n) is 5.74. The highest BCUT2D eigenvalue weighted by Gasteiger charge is 2.14. The number of aromatic nitrogens is 3. The second-order valence-corrected chi connectivity index (χ2v) is 4.17. The van der Waals surface area contributed by atoms with Crippen molar-refractivity contribution in [3.63, 3.8) is 0 Å². The molecule has 5 heteroatoms. The van der Waals surface area contributed by atoms with Crippen LogP contribution in [0.2, 0.25) is 0 Å². The summed E-state index contributed by atoms with van der Waals surface area (Å²) in [7, 11) is 1.84. The van der Waals surface area contributed by atoms with E-state index in [2.05, 4.69) is 10.1 Å². The number of nitrogens with zero attached hydrogens (tertiary/aromatic N) is 3. The third-order valence-corrected chi connectivity index (χ3v) is 2.96. The molecular weight excluding hydrogens is 230 g/mol. The maximum atomic E-state index is 10.6. The molecule has 0 saturated heterocycles. The summed E-state index contributed by atoms with van der Waals surface area (Å²) in [6.07, 6.45) is 4.06. The molecular formula is C13H15N3O2. The van der Waals surface area contributed by atoms with Gasteiger partial charge in [0.25, 0.3) is 0 Å². The van der Waals surface area contributed by atoms with Crippen molar-refractivity contribution in [3.8, 4) is 11.3 Å². The number of hydrogen-bond donors (Lipinski definition) is 1. The maximum Gasteiger partial charge on any atom is 0.303 e. The first kappa shape index (κ1) is 12.3. The number of hydrogen-bond acceptors (Lipinski definition) is 3. The Bertz CT molecular complexity index is 561. The monoisotopic (exact) mass is 245 g/mol. The molecule has 2 rings (SSSR count). The van der Waals surface area contributed by atoms with Crippen LogP contribution in [0.5, 0.6) is 0 Å². The summed E-state index contributed by atoms with van der Waals surface area (Å²) < 4.78 is 1.76. The molecule has 94 valence electrons. The number of carbonyl (C=O) groups is 1. The van der Waals surface area contributed by atoms with Gasteiger partial charge in [-0.05, 0) is 24.6 Å². The highest BCUT2D eigenvalue weighted by Crippen LogP contribution is 2.24. The van der Waals surface area contributed by atoms with E-state index in [9.17, 15) is 4.79 Å². The fourth-order valence-corrected chi connectivity index (χ4v) is 2.02. The standard InChI is InChI=1S/C13H15N3O2/c1-9-11(3-4-12(17)18)16(2)15-13(9)10-5-7-14-8-6-10/h5-8H,3-4H2,1-2H3,(H,17,18). The number of carboxylic acid groups (broad SMARTS) is 1. The molecule has 0 unspecified atom stereocenters. The van der Waals surface area contributed by atoms with Crippen molar-refractivity contribution < 1.29 is 9.90 Å². The average molecular weight is 245 g/mol. The van der Waals surface area contributed by atoms with Crippen LogP contribution in [0, 0.1) is 6.92 Å². The smallest absolute Gasteiger partial charge is 0.303 e. The molecule has 0 aromatic carbocycles. The Labute approximate surface area is 105 Å². The molecule has 0 aliphatic rings. The maximum absolute atomic E-state index is 10.6. The van der Waals surface area contributed by atoms with E-state index >= 15 is 0 Å². The van der Waals surface area contributed by atoms with Crippen molar-refractivity contribution in [1.82, 2.24) is 14.8 Å².